The maximum Gasteiger partial charge on any atom is 0.407 e. The van der Waals surface area contributed by atoms with E-state index in [-0.39, 0.29) is 18.1 Å². The molecule has 0 aromatic carbocycles. The molecule has 0 spiro atoms. The Morgan fingerprint density at radius 2 is 2.14 bits per heavy atom. The van der Waals surface area contributed by atoms with E-state index in [9.17, 15) is 9.90 Å². The van der Waals surface area contributed by atoms with Crippen LogP contribution in [0.15, 0.2) is 0 Å². The second-order valence-corrected chi connectivity index (χ2v) is 3.93. The van der Waals surface area contributed by atoms with E-state index in [0.29, 0.717) is 0 Å². The molecule has 1 aliphatic carbocycles. The summed E-state index contributed by atoms with van der Waals surface area (Å²) in [5, 5.41) is 12.3. The lowest BCUT2D eigenvalue weighted by molar-refractivity contribution is 0.0737. The third-order valence-corrected chi connectivity index (χ3v) is 2.93. The summed E-state index contributed by atoms with van der Waals surface area (Å²) in [7, 11) is 1.36. The van der Waals surface area contributed by atoms with Crippen molar-refractivity contribution in [2.24, 2.45) is 5.92 Å². The number of aliphatic hydroxyl groups is 1. The minimum Gasteiger partial charge on any atom is -0.453 e. The van der Waals surface area contributed by atoms with Crippen molar-refractivity contribution in [3.63, 3.8) is 0 Å². The summed E-state index contributed by atoms with van der Waals surface area (Å²) in [6.45, 7) is 1.78. The second kappa shape index (κ2) is 5.20. The lowest BCUT2D eigenvalue weighted by Crippen LogP contribution is -2.45. The van der Waals surface area contributed by atoms with E-state index in [0.717, 1.165) is 25.7 Å². The Balaban J connectivity index is 2.49. The number of methoxy groups -OCH3 is 1. The number of carbonyl (C=O) groups excluding carboxylic acids is 1. The van der Waals surface area contributed by atoms with Crippen LogP contribution < -0.4 is 5.32 Å². The van der Waals surface area contributed by atoms with E-state index in [4.69, 9.17) is 0 Å². The number of nitrogens with one attached hydrogen (secondary N) is 1. The van der Waals surface area contributed by atoms with Crippen LogP contribution in [0.1, 0.15) is 32.6 Å². The van der Waals surface area contributed by atoms with Crippen molar-refractivity contribution in [3.8, 4) is 0 Å². The lowest BCUT2D eigenvalue weighted by atomic mass is 9.81. The molecule has 4 nitrogen and oxygen atoms in total. The molecule has 1 saturated carbocycles. The largest absolute Gasteiger partial charge is 0.453 e. The number of alkyl carbamates (subject to hydrolysis) is 1. The minimum absolute atomic E-state index is 0.0659. The maximum atomic E-state index is 11.0. The molecule has 1 aliphatic rings. The smallest absolute Gasteiger partial charge is 0.407 e. The number of aliphatic hydroxyl groups excluding tert-OH is 1. The fourth-order valence-electron chi connectivity index (χ4n) is 2.13. The number of rotatable bonds is 2. The van der Waals surface area contributed by atoms with Crippen LogP contribution in [0.3, 0.4) is 0 Å². The molecule has 1 fully saturated rings. The molecule has 0 aliphatic heterocycles. The van der Waals surface area contributed by atoms with Crippen LogP contribution >= 0.6 is 0 Å². The molecule has 0 aromatic heterocycles. The van der Waals surface area contributed by atoms with Gasteiger partial charge in [0.25, 0.3) is 0 Å². The van der Waals surface area contributed by atoms with Gasteiger partial charge in [0.2, 0.25) is 0 Å². The summed E-state index contributed by atoms with van der Waals surface area (Å²) in [5.74, 6) is 0.169. The van der Waals surface area contributed by atoms with Crippen LogP contribution in [0.25, 0.3) is 0 Å². The summed E-state index contributed by atoms with van der Waals surface area (Å²) in [5.41, 5.74) is 0. The zero-order chi connectivity index (χ0) is 10.6. The van der Waals surface area contributed by atoms with E-state index in [1.807, 2.05) is 0 Å². The number of hydrogen-bond donors (Lipinski definition) is 2. The number of amides is 1. The van der Waals surface area contributed by atoms with Crippen LogP contribution in [0.2, 0.25) is 0 Å². The Hall–Kier alpha value is -0.770. The van der Waals surface area contributed by atoms with Crippen LogP contribution in [0, 0.1) is 5.92 Å². The Bertz CT molecular complexity index is 194. The number of hydrogen-bond acceptors (Lipinski definition) is 3. The minimum atomic E-state index is -0.400. The number of ether oxygens (including phenoxy) is 1. The normalized spacial score (nSPS) is 29.4. The molecule has 0 radical (unpaired) electrons. The van der Waals surface area contributed by atoms with Gasteiger partial charge in [-0.25, -0.2) is 4.79 Å². The zero-order valence-corrected chi connectivity index (χ0v) is 8.82. The fraction of sp³-hybridized carbons (Fsp3) is 0.900. The molecule has 14 heavy (non-hydrogen) atoms. The molecule has 2 N–H and O–H groups in total. The summed E-state index contributed by atoms with van der Waals surface area (Å²) in [4.78, 5) is 11.0. The van der Waals surface area contributed by atoms with Gasteiger partial charge in [-0.2, -0.15) is 0 Å². The Morgan fingerprint density at radius 1 is 1.50 bits per heavy atom. The van der Waals surface area contributed by atoms with Gasteiger partial charge in [0.05, 0.1) is 13.2 Å². The maximum absolute atomic E-state index is 11.0. The summed E-state index contributed by atoms with van der Waals surface area (Å²) >= 11 is 0. The Kier molecular flexibility index (Phi) is 4.20. The molecule has 0 saturated heterocycles. The zero-order valence-electron chi connectivity index (χ0n) is 8.82. The lowest BCUT2D eigenvalue weighted by Gasteiger charge is -2.33. The quantitative estimate of drug-likeness (QED) is 0.707. The first-order valence-corrected chi connectivity index (χ1v) is 5.17. The summed E-state index contributed by atoms with van der Waals surface area (Å²) in [6.07, 6.45) is 3.39. The molecule has 82 valence electrons. The Morgan fingerprint density at radius 3 is 2.71 bits per heavy atom. The molecule has 0 bridgehead atoms. The van der Waals surface area contributed by atoms with E-state index in [1.54, 1.807) is 6.92 Å². The first-order chi connectivity index (χ1) is 6.65. The van der Waals surface area contributed by atoms with Crippen LogP contribution in [0.4, 0.5) is 4.79 Å². The van der Waals surface area contributed by atoms with Gasteiger partial charge >= 0.3 is 6.09 Å². The van der Waals surface area contributed by atoms with Gasteiger partial charge in [-0.1, -0.05) is 12.8 Å². The topological polar surface area (TPSA) is 58.6 Å². The predicted octanol–water partition coefficient (Wildman–Crippen LogP) is 1.28. The standard InChI is InChI=1S/C10H19NO3/c1-7(12)8-5-3-4-6-9(8)11-10(13)14-2/h7-9,12H,3-6H2,1-2H3,(H,11,13)/t7?,8?,9-/m1/s1. The third kappa shape index (κ3) is 2.87. The highest BCUT2D eigenvalue weighted by Gasteiger charge is 2.29. The highest BCUT2D eigenvalue weighted by Crippen LogP contribution is 2.27. The van der Waals surface area contributed by atoms with Crippen molar-refractivity contribution in [1.82, 2.24) is 5.32 Å². The Labute approximate surface area is 84.6 Å². The van der Waals surface area contributed by atoms with Crippen molar-refractivity contribution in [2.75, 3.05) is 7.11 Å². The van der Waals surface area contributed by atoms with Gasteiger partial charge in [-0.05, 0) is 19.8 Å². The van der Waals surface area contributed by atoms with Gasteiger partial charge in [0.15, 0.2) is 0 Å². The molecule has 2 unspecified atom stereocenters. The molecule has 1 amide bonds. The first kappa shape index (κ1) is 11.3. The first-order valence-electron chi connectivity index (χ1n) is 5.17. The van der Waals surface area contributed by atoms with Crippen molar-refractivity contribution in [1.29, 1.82) is 0 Å². The van der Waals surface area contributed by atoms with E-state index in [1.165, 1.54) is 7.11 Å². The SMILES string of the molecule is COC(=O)N[C@@H]1CCCCC1C(C)O. The highest BCUT2D eigenvalue weighted by molar-refractivity contribution is 5.67. The van der Waals surface area contributed by atoms with Crippen LogP contribution in [-0.2, 0) is 4.74 Å². The molecular formula is C10H19NO3. The van der Waals surface area contributed by atoms with Gasteiger partial charge in [0, 0.05) is 12.0 Å². The van der Waals surface area contributed by atoms with Crippen LogP contribution in [-0.4, -0.2) is 30.5 Å². The molecule has 4 heteroatoms. The molecular weight excluding hydrogens is 182 g/mol. The fourth-order valence-corrected chi connectivity index (χ4v) is 2.13. The molecule has 1 rings (SSSR count). The summed E-state index contributed by atoms with van der Waals surface area (Å²) in [6, 6.07) is 0.0659. The highest BCUT2D eigenvalue weighted by atomic mass is 16.5. The van der Waals surface area contributed by atoms with Crippen molar-refractivity contribution in [3.05, 3.63) is 0 Å². The van der Waals surface area contributed by atoms with Gasteiger partial charge in [-0.3, -0.25) is 0 Å². The van der Waals surface area contributed by atoms with Gasteiger partial charge in [-0.15, -0.1) is 0 Å². The van der Waals surface area contributed by atoms with Gasteiger partial charge in [0.1, 0.15) is 0 Å². The summed E-state index contributed by atoms with van der Waals surface area (Å²) < 4.78 is 4.55. The average Bonchev–Trinajstić information content (AvgIpc) is 2.18. The molecule has 0 aromatic rings. The molecule has 0 heterocycles. The average molecular weight is 201 g/mol. The van der Waals surface area contributed by atoms with Gasteiger partial charge < -0.3 is 15.2 Å². The van der Waals surface area contributed by atoms with Crippen LogP contribution in [0.5, 0.6) is 0 Å². The monoisotopic (exact) mass is 201 g/mol. The van der Waals surface area contributed by atoms with E-state index >= 15 is 0 Å². The van der Waals surface area contributed by atoms with Crippen molar-refractivity contribution >= 4 is 6.09 Å². The van der Waals surface area contributed by atoms with E-state index < -0.39 is 6.09 Å². The molecule has 3 atom stereocenters. The van der Waals surface area contributed by atoms with Crippen molar-refractivity contribution in [2.45, 2.75) is 44.8 Å². The number of carbonyl (C=O) groups is 1. The second-order valence-electron chi connectivity index (χ2n) is 3.93. The van der Waals surface area contributed by atoms with Crippen molar-refractivity contribution < 1.29 is 14.6 Å². The predicted molar refractivity (Wildman–Crippen MR) is 53.0 cm³/mol. The van der Waals surface area contributed by atoms with E-state index in [2.05, 4.69) is 10.1 Å². The third-order valence-electron chi connectivity index (χ3n) is 2.93.